The zero-order chi connectivity index (χ0) is 18.5. The second-order valence-corrected chi connectivity index (χ2v) is 5.99. The van der Waals surface area contributed by atoms with Gasteiger partial charge in [0.05, 0.1) is 20.3 Å². The molecule has 3 rings (SSSR count). The smallest absolute Gasteiger partial charge is 0.342 e. The number of hydrogen-bond donors (Lipinski definition) is 0. The molecule has 0 bridgehead atoms. The minimum absolute atomic E-state index is 0.159. The molecule has 0 unspecified atom stereocenters. The number of hydrogen-bond acceptors (Lipinski definition) is 6. The molecule has 0 saturated heterocycles. The lowest BCUT2D eigenvalue weighted by molar-refractivity contribution is 0.0471. The summed E-state index contributed by atoms with van der Waals surface area (Å²) in [6, 6.07) is 9.47. The van der Waals surface area contributed by atoms with Gasteiger partial charge in [0.15, 0.2) is 23.9 Å². The van der Waals surface area contributed by atoms with E-state index in [0.29, 0.717) is 41.0 Å². The maximum Gasteiger partial charge on any atom is 0.342 e. The van der Waals surface area contributed by atoms with Crippen molar-refractivity contribution in [1.29, 1.82) is 0 Å². The molecule has 0 aromatic heterocycles. The highest BCUT2D eigenvalue weighted by molar-refractivity contribution is 6.31. The first-order valence-electron chi connectivity index (χ1n) is 8.02. The second kappa shape index (κ2) is 8.10. The van der Waals surface area contributed by atoms with Gasteiger partial charge in [0.2, 0.25) is 0 Å². The van der Waals surface area contributed by atoms with E-state index < -0.39 is 12.6 Å². The summed E-state index contributed by atoms with van der Waals surface area (Å²) in [6.07, 6.45) is 0.775. The summed E-state index contributed by atoms with van der Waals surface area (Å²) in [5, 5.41) is 0.368. The van der Waals surface area contributed by atoms with Gasteiger partial charge in [-0.25, -0.2) is 4.79 Å². The van der Waals surface area contributed by atoms with Crippen molar-refractivity contribution in [3.05, 3.63) is 52.5 Å². The Morgan fingerprint density at radius 1 is 1.08 bits per heavy atom. The molecule has 0 spiro atoms. The number of esters is 1. The van der Waals surface area contributed by atoms with Gasteiger partial charge in [-0.3, -0.25) is 4.79 Å². The fraction of sp³-hybridized carbons (Fsp3) is 0.263. The van der Waals surface area contributed by atoms with Gasteiger partial charge < -0.3 is 18.9 Å². The van der Waals surface area contributed by atoms with Crippen molar-refractivity contribution in [2.75, 3.05) is 26.9 Å². The number of fused-ring (bicyclic) bond motifs is 1. The Morgan fingerprint density at radius 2 is 1.85 bits per heavy atom. The fourth-order valence-electron chi connectivity index (χ4n) is 2.47. The zero-order valence-corrected chi connectivity index (χ0v) is 14.9. The van der Waals surface area contributed by atoms with Gasteiger partial charge in [-0.05, 0) is 36.4 Å². The molecule has 0 aliphatic carbocycles. The number of halogens is 1. The number of Topliss-reactive ketones (excluding diaryl/α,β-unsaturated/α-hetero) is 1. The van der Waals surface area contributed by atoms with Crippen LogP contribution in [0.5, 0.6) is 17.2 Å². The van der Waals surface area contributed by atoms with Gasteiger partial charge in [0, 0.05) is 17.0 Å². The van der Waals surface area contributed by atoms with Crippen LogP contribution < -0.4 is 14.2 Å². The van der Waals surface area contributed by atoms with Crippen LogP contribution in [-0.2, 0) is 4.74 Å². The highest BCUT2D eigenvalue weighted by atomic mass is 35.5. The molecule has 0 saturated carbocycles. The average molecular weight is 377 g/mol. The molecule has 1 aliphatic rings. The highest BCUT2D eigenvalue weighted by Crippen LogP contribution is 2.30. The summed E-state index contributed by atoms with van der Waals surface area (Å²) >= 11 is 5.90. The maximum absolute atomic E-state index is 12.3. The summed E-state index contributed by atoms with van der Waals surface area (Å²) in [6.45, 7) is 0.682. The Balaban J connectivity index is 1.68. The van der Waals surface area contributed by atoms with Gasteiger partial charge in [-0.2, -0.15) is 0 Å². The summed E-state index contributed by atoms with van der Waals surface area (Å²) in [5.74, 6) is 0.389. The first kappa shape index (κ1) is 18.1. The number of methoxy groups -OCH3 is 1. The van der Waals surface area contributed by atoms with Gasteiger partial charge in [0.1, 0.15) is 11.3 Å². The third kappa shape index (κ3) is 4.08. The van der Waals surface area contributed by atoms with Crippen LogP contribution >= 0.6 is 11.6 Å². The zero-order valence-electron chi connectivity index (χ0n) is 14.1. The van der Waals surface area contributed by atoms with Crippen LogP contribution in [0, 0.1) is 0 Å². The van der Waals surface area contributed by atoms with E-state index in [0.717, 1.165) is 6.42 Å². The number of carbonyl (C=O) groups excluding carboxylic acids is 2. The Bertz CT molecular complexity index is 833. The maximum atomic E-state index is 12.3. The van der Waals surface area contributed by atoms with Crippen molar-refractivity contribution in [3.63, 3.8) is 0 Å². The van der Waals surface area contributed by atoms with Crippen LogP contribution in [0.4, 0.5) is 0 Å². The summed E-state index contributed by atoms with van der Waals surface area (Å²) in [4.78, 5) is 24.6. The quantitative estimate of drug-likeness (QED) is 0.587. The van der Waals surface area contributed by atoms with E-state index in [1.165, 1.54) is 13.2 Å². The molecule has 2 aromatic rings. The minimum atomic E-state index is -0.688. The lowest BCUT2D eigenvalue weighted by Gasteiger charge is -2.10. The van der Waals surface area contributed by atoms with E-state index in [1.54, 1.807) is 30.3 Å². The largest absolute Gasteiger partial charge is 0.496 e. The third-order valence-corrected chi connectivity index (χ3v) is 4.02. The van der Waals surface area contributed by atoms with Crippen LogP contribution in [0.15, 0.2) is 36.4 Å². The molecule has 1 heterocycles. The Labute approximate surface area is 155 Å². The lowest BCUT2D eigenvalue weighted by Crippen LogP contribution is -2.15. The summed E-state index contributed by atoms with van der Waals surface area (Å²) < 4.78 is 21.3. The van der Waals surface area contributed by atoms with Crippen molar-refractivity contribution in [2.24, 2.45) is 0 Å². The first-order valence-corrected chi connectivity index (χ1v) is 8.40. The predicted molar refractivity (Wildman–Crippen MR) is 94.7 cm³/mol. The molecule has 2 aromatic carbocycles. The van der Waals surface area contributed by atoms with E-state index in [2.05, 4.69) is 0 Å². The average Bonchev–Trinajstić information content (AvgIpc) is 2.90. The lowest BCUT2D eigenvalue weighted by atomic mass is 10.1. The normalized spacial score (nSPS) is 12.8. The van der Waals surface area contributed by atoms with Crippen LogP contribution in [-0.4, -0.2) is 38.7 Å². The minimum Gasteiger partial charge on any atom is -0.496 e. The topological polar surface area (TPSA) is 71.1 Å². The summed E-state index contributed by atoms with van der Waals surface area (Å²) in [5.41, 5.74) is 0.534. The molecule has 6 nitrogen and oxygen atoms in total. The van der Waals surface area contributed by atoms with E-state index in [4.69, 9.17) is 30.5 Å². The molecule has 26 heavy (non-hydrogen) atoms. The number of rotatable bonds is 5. The highest BCUT2D eigenvalue weighted by Gasteiger charge is 2.18. The molecular formula is C19H17ClO6. The monoisotopic (exact) mass is 376 g/mol. The first-order chi connectivity index (χ1) is 12.6. The van der Waals surface area contributed by atoms with Gasteiger partial charge >= 0.3 is 5.97 Å². The molecule has 136 valence electrons. The number of ketones is 1. The SMILES string of the molecule is COc1ccc(Cl)cc1C(=O)OCC(=O)c1ccc2c(c1)OCCCO2. The Hall–Kier alpha value is -2.73. The van der Waals surface area contributed by atoms with E-state index in [-0.39, 0.29) is 11.3 Å². The van der Waals surface area contributed by atoms with Crippen LogP contribution in [0.3, 0.4) is 0 Å². The molecule has 1 aliphatic heterocycles. The molecule has 0 fully saturated rings. The van der Waals surface area contributed by atoms with Crippen molar-refractivity contribution >= 4 is 23.4 Å². The standard InChI is InChI=1S/C19H17ClO6/c1-23-16-6-4-13(20)10-14(16)19(22)26-11-15(21)12-3-5-17-18(9-12)25-8-2-7-24-17/h3-6,9-10H,2,7-8,11H2,1H3. The Kier molecular flexibility index (Phi) is 5.63. The van der Waals surface area contributed by atoms with Crippen molar-refractivity contribution < 1.29 is 28.5 Å². The van der Waals surface area contributed by atoms with Gasteiger partial charge in [0.25, 0.3) is 0 Å². The van der Waals surface area contributed by atoms with Crippen LogP contribution in [0.25, 0.3) is 0 Å². The van der Waals surface area contributed by atoms with Crippen molar-refractivity contribution in [1.82, 2.24) is 0 Å². The van der Waals surface area contributed by atoms with Crippen molar-refractivity contribution in [3.8, 4) is 17.2 Å². The van der Waals surface area contributed by atoms with E-state index in [1.807, 2.05) is 0 Å². The van der Waals surface area contributed by atoms with Gasteiger partial charge in [-0.15, -0.1) is 0 Å². The molecular weight excluding hydrogens is 360 g/mol. The fourth-order valence-corrected chi connectivity index (χ4v) is 2.64. The molecule has 0 radical (unpaired) electrons. The number of benzene rings is 2. The number of carbonyl (C=O) groups is 2. The van der Waals surface area contributed by atoms with E-state index in [9.17, 15) is 9.59 Å². The predicted octanol–water partition coefficient (Wildman–Crippen LogP) is 3.55. The molecule has 0 amide bonds. The summed E-state index contributed by atoms with van der Waals surface area (Å²) in [7, 11) is 1.43. The van der Waals surface area contributed by atoms with Crippen LogP contribution in [0.1, 0.15) is 27.1 Å². The Morgan fingerprint density at radius 3 is 2.62 bits per heavy atom. The van der Waals surface area contributed by atoms with Crippen LogP contribution in [0.2, 0.25) is 5.02 Å². The third-order valence-electron chi connectivity index (χ3n) is 3.79. The molecule has 7 heteroatoms. The molecule has 0 N–H and O–H groups in total. The second-order valence-electron chi connectivity index (χ2n) is 5.56. The van der Waals surface area contributed by atoms with Gasteiger partial charge in [-0.1, -0.05) is 11.6 Å². The van der Waals surface area contributed by atoms with Crippen molar-refractivity contribution in [2.45, 2.75) is 6.42 Å². The van der Waals surface area contributed by atoms with E-state index >= 15 is 0 Å². The molecule has 0 atom stereocenters. The number of ether oxygens (including phenoxy) is 4.